The third kappa shape index (κ3) is 51.4. The minimum Gasteiger partial charge on any atom is -0.545 e. The van der Waals surface area contributed by atoms with Gasteiger partial charge in [-0.3, -0.25) is 0 Å². The molecule has 0 bridgehead atoms. The molecule has 1 N–H and O–H groups in total. The Morgan fingerprint density at radius 2 is 1.06 bits per heavy atom. The molecule has 0 aromatic carbocycles. The number of hydrogen-bond acceptors (Lipinski definition) is 5. The number of carboxylic acids is 2. The van der Waals surface area contributed by atoms with Crippen molar-refractivity contribution in [2.24, 2.45) is 0 Å². The molecule has 0 aliphatic carbocycles. The second-order valence-corrected chi connectivity index (χ2v) is 3.23. The van der Waals surface area contributed by atoms with Crippen molar-refractivity contribution in [2.45, 2.75) is 33.8 Å². The van der Waals surface area contributed by atoms with E-state index in [9.17, 15) is 19.8 Å². The molecule has 0 unspecified atom stereocenters. The minimum absolute atomic E-state index is 0. The first-order chi connectivity index (χ1) is 7.02. The van der Waals surface area contributed by atoms with Crippen LogP contribution in [-0.2, 0) is 31.3 Å². The van der Waals surface area contributed by atoms with E-state index in [1.165, 1.54) is 13.8 Å². The molecule has 0 saturated heterocycles. The molecule has 5 nitrogen and oxygen atoms in total. The number of aliphatic hydroxyl groups excluding tert-OH is 1. The molecule has 17 heavy (non-hydrogen) atoms. The van der Waals surface area contributed by atoms with Gasteiger partial charge in [0.1, 0.15) is 0 Å². The van der Waals surface area contributed by atoms with Crippen LogP contribution in [0.3, 0.4) is 0 Å². The Bertz CT molecular complexity index is 208. The summed E-state index contributed by atoms with van der Waals surface area (Å²) in [5.41, 5.74) is 0.130. The fraction of sp³-hybridized carbons (Fsp3) is 0.455. The van der Waals surface area contributed by atoms with Gasteiger partial charge in [-0.2, -0.15) is 0 Å². The topological polar surface area (TPSA) is 100 Å². The van der Waals surface area contributed by atoms with E-state index in [-0.39, 0.29) is 39.0 Å². The van der Waals surface area contributed by atoms with Gasteiger partial charge in [0.2, 0.25) is 0 Å². The molecule has 0 rings (SSSR count). The van der Waals surface area contributed by atoms with Crippen molar-refractivity contribution >= 4 is 11.9 Å². The first-order valence-electron chi connectivity index (χ1n) is 4.44. The van der Waals surface area contributed by atoms with Crippen molar-refractivity contribution in [3.8, 4) is 0 Å². The fourth-order valence-corrected chi connectivity index (χ4v) is 0. The summed E-state index contributed by atoms with van der Waals surface area (Å²) in [5.74, 6) is -2.37. The normalized spacial score (nSPS) is 7.41. The summed E-state index contributed by atoms with van der Waals surface area (Å²) in [4.78, 5) is 19.0. The van der Waals surface area contributed by atoms with E-state index < -0.39 is 11.9 Å². The van der Waals surface area contributed by atoms with E-state index in [0.29, 0.717) is 0 Å². The predicted molar refractivity (Wildman–Crippen MR) is 57.0 cm³/mol. The molecule has 0 heterocycles. The van der Waals surface area contributed by atoms with Crippen LogP contribution in [0, 0.1) is 0 Å². The zero-order valence-electron chi connectivity index (χ0n) is 10.6. The van der Waals surface area contributed by atoms with Crippen LogP contribution in [0.5, 0.6) is 0 Å². The quantitative estimate of drug-likeness (QED) is 0.516. The Labute approximate surface area is 117 Å². The Hall–Kier alpha value is -0.906. The number of carbonyl (C=O) groups excluding carboxylic acids is 2. The summed E-state index contributed by atoms with van der Waals surface area (Å²) in [6, 6.07) is 0. The summed E-state index contributed by atoms with van der Waals surface area (Å²) in [5, 5.41) is 27.0. The van der Waals surface area contributed by atoms with Crippen LogP contribution in [0.15, 0.2) is 24.3 Å². The summed E-state index contributed by atoms with van der Waals surface area (Å²) >= 11 is 0. The summed E-state index contributed by atoms with van der Waals surface area (Å²) in [6.45, 7) is 12.4. The van der Waals surface area contributed by atoms with E-state index in [1.54, 1.807) is 13.8 Å². The van der Waals surface area contributed by atoms with Gasteiger partial charge in [-0.05, 0) is 38.8 Å². The number of hydrogen-bond donors (Lipinski definition) is 1. The molecule has 0 atom stereocenters. The molecule has 0 aliphatic rings. The van der Waals surface area contributed by atoms with Gasteiger partial charge in [-0.25, -0.2) is 0 Å². The van der Waals surface area contributed by atoms with Crippen LogP contribution in [0.4, 0.5) is 0 Å². The Balaban J connectivity index is -0.0000000741. The molecule has 0 fully saturated rings. The van der Waals surface area contributed by atoms with Gasteiger partial charge in [-0.1, -0.05) is 13.2 Å². The molecule has 0 radical (unpaired) electrons. The van der Waals surface area contributed by atoms with E-state index in [4.69, 9.17) is 5.11 Å². The average molecular weight is 278 g/mol. The second-order valence-electron chi connectivity index (χ2n) is 3.23. The van der Waals surface area contributed by atoms with E-state index >= 15 is 0 Å². The minimum atomic E-state index is -1.19. The summed E-state index contributed by atoms with van der Waals surface area (Å²) in [7, 11) is 0. The third-order valence-corrected chi connectivity index (χ3v) is 0.697. The van der Waals surface area contributed by atoms with E-state index in [0.717, 1.165) is 0 Å². The summed E-state index contributed by atoms with van der Waals surface area (Å²) in [6.07, 6.45) is -0.167. The summed E-state index contributed by atoms with van der Waals surface area (Å²) < 4.78 is 0. The van der Waals surface area contributed by atoms with Gasteiger partial charge < -0.3 is 24.9 Å². The van der Waals surface area contributed by atoms with Crippen molar-refractivity contribution < 1.29 is 46.6 Å². The first-order valence-corrected chi connectivity index (χ1v) is 4.44. The monoisotopic (exact) mass is 278 g/mol. The molecule has 0 aromatic rings. The number of rotatable bonds is 2. The maximum Gasteiger partial charge on any atom is 2.00 e. The third-order valence-electron chi connectivity index (χ3n) is 0.697. The average Bonchev–Trinajstić information content (AvgIpc) is 2.03. The van der Waals surface area contributed by atoms with Gasteiger partial charge in [0.25, 0.3) is 0 Å². The number of carbonyl (C=O) groups is 2. The second kappa shape index (κ2) is 15.1. The maximum absolute atomic E-state index is 9.49. The molecule has 6 heteroatoms. The zero-order valence-corrected chi connectivity index (χ0v) is 12.1. The van der Waals surface area contributed by atoms with Crippen LogP contribution >= 0.6 is 0 Å². The molecule has 0 spiro atoms. The molecule has 0 amide bonds. The molecule has 0 aliphatic heterocycles. The Morgan fingerprint density at radius 1 is 1.00 bits per heavy atom. The largest absolute Gasteiger partial charge is 2.00 e. The smallest absolute Gasteiger partial charge is 0.545 e. The van der Waals surface area contributed by atoms with Gasteiger partial charge in [-0.15, -0.1) is 0 Å². The van der Waals surface area contributed by atoms with Crippen molar-refractivity contribution in [3.63, 3.8) is 0 Å². The van der Waals surface area contributed by atoms with Crippen LogP contribution in [0.2, 0.25) is 0 Å². The zero-order chi connectivity index (χ0) is 13.9. The molecule has 0 aromatic heterocycles. The maximum atomic E-state index is 9.49. The van der Waals surface area contributed by atoms with Crippen molar-refractivity contribution in [1.82, 2.24) is 0 Å². The van der Waals surface area contributed by atoms with Crippen LogP contribution < -0.4 is 10.2 Å². The van der Waals surface area contributed by atoms with Crippen molar-refractivity contribution in [1.29, 1.82) is 0 Å². The van der Waals surface area contributed by atoms with E-state index in [2.05, 4.69) is 13.2 Å². The van der Waals surface area contributed by atoms with Crippen LogP contribution in [0.1, 0.15) is 27.7 Å². The molecular formula is C11H18O5Ti. The molecular weight excluding hydrogens is 260 g/mol. The number of carboxylic acid groups (broad SMARTS) is 2. The van der Waals surface area contributed by atoms with Crippen molar-refractivity contribution in [2.75, 3.05) is 0 Å². The SMILES string of the molecule is C=C(C)C(=O)[O-].C=C(C)C(=O)[O-].CC(C)O.[Ti+2]. The van der Waals surface area contributed by atoms with Gasteiger partial charge in [0, 0.05) is 6.10 Å². The molecule has 96 valence electrons. The van der Waals surface area contributed by atoms with Gasteiger partial charge in [0.05, 0.1) is 11.9 Å². The number of aliphatic carboxylic acids is 2. The van der Waals surface area contributed by atoms with Crippen LogP contribution in [0.25, 0.3) is 0 Å². The van der Waals surface area contributed by atoms with Gasteiger partial charge in [0.15, 0.2) is 0 Å². The molecule has 0 saturated carbocycles. The van der Waals surface area contributed by atoms with Crippen LogP contribution in [-0.4, -0.2) is 23.1 Å². The predicted octanol–water partition coefficient (Wildman–Crippen LogP) is -0.991. The Kier molecular flexibility index (Phi) is 22.3. The Morgan fingerprint density at radius 3 is 1.06 bits per heavy atom. The van der Waals surface area contributed by atoms with Gasteiger partial charge >= 0.3 is 21.7 Å². The fourth-order valence-electron chi connectivity index (χ4n) is 0. The number of aliphatic hydroxyl groups is 1. The van der Waals surface area contributed by atoms with Crippen molar-refractivity contribution in [3.05, 3.63) is 24.3 Å². The van der Waals surface area contributed by atoms with E-state index in [1.807, 2.05) is 0 Å². The standard InChI is InChI=1S/2C4H6O2.C3H8O.Ti/c2*1-3(2)4(5)6;1-3(2)4;/h2*1H2,2H3,(H,5,6);3-4H,1-2H3;/q;;;+2/p-2. The first kappa shape index (κ1) is 25.1.